The Morgan fingerprint density at radius 2 is 1.57 bits per heavy atom. The van der Waals surface area contributed by atoms with Crippen molar-refractivity contribution in [2.45, 2.75) is 64.7 Å². The minimum absolute atomic E-state index is 0. The summed E-state index contributed by atoms with van der Waals surface area (Å²) in [7, 11) is 0. The van der Waals surface area contributed by atoms with E-state index in [2.05, 4.69) is 88.5 Å². The molecule has 0 spiro atoms. The van der Waals surface area contributed by atoms with Gasteiger partial charge in [-0.3, -0.25) is 0 Å². The SMILES string of the molecule is C=Cc1c[c-]c2c(c1)-c1cc(C=C)ccc1C2.CC(C)(C)c1cc[cH-]c1.[Cl-].[Cl-].[Zr+2]=[C]1CCCCC1. The normalized spacial score (nSPS) is 13.3. The van der Waals surface area contributed by atoms with Crippen LogP contribution in [0.4, 0.5) is 0 Å². The van der Waals surface area contributed by atoms with Crippen LogP contribution in [0, 0.1) is 6.07 Å². The zero-order valence-electron chi connectivity index (χ0n) is 21.3. The minimum atomic E-state index is 0. The van der Waals surface area contributed by atoms with E-state index < -0.39 is 0 Å². The fourth-order valence-electron chi connectivity index (χ4n) is 4.22. The zero-order chi connectivity index (χ0) is 23.8. The van der Waals surface area contributed by atoms with Crippen LogP contribution in [0.5, 0.6) is 0 Å². The molecule has 3 aromatic carbocycles. The Morgan fingerprint density at radius 1 is 0.914 bits per heavy atom. The Bertz CT molecular complexity index is 1040. The summed E-state index contributed by atoms with van der Waals surface area (Å²) in [5, 5.41) is 0. The molecule has 0 N–H and O–H groups in total. The number of hydrogen-bond acceptors (Lipinski definition) is 0. The molecule has 0 amide bonds. The van der Waals surface area contributed by atoms with Gasteiger partial charge in [-0.1, -0.05) is 68.2 Å². The van der Waals surface area contributed by atoms with Crippen LogP contribution in [0.1, 0.15) is 80.7 Å². The van der Waals surface area contributed by atoms with E-state index in [1.54, 1.807) is 27.4 Å². The molecular weight excluding hydrogens is 546 g/mol. The summed E-state index contributed by atoms with van der Waals surface area (Å²) in [5.41, 5.74) is 9.31. The third kappa shape index (κ3) is 9.20. The molecule has 0 saturated heterocycles. The third-order valence-electron chi connectivity index (χ3n) is 6.30. The van der Waals surface area contributed by atoms with Crippen molar-refractivity contribution < 1.29 is 49.0 Å². The zero-order valence-corrected chi connectivity index (χ0v) is 25.2. The van der Waals surface area contributed by atoms with Crippen LogP contribution in [-0.2, 0) is 36.1 Å². The van der Waals surface area contributed by atoms with Gasteiger partial charge in [0.05, 0.1) is 0 Å². The van der Waals surface area contributed by atoms with Gasteiger partial charge < -0.3 is 24.8 Å². The number of benzene rings is 2. The van der Waals surface area contributed by atoms with Gasteiger partial charge >= 0.3 is 59.5 Å². The van der Waals surface area contributed by atoms with Crippen molar-refractivity contribution in [3.63, 3.8) is 0 Å². The van der Waals surface area contributed by atoms with Crippen LogP contribution in [-0.4, -0.2) is 3.21 Å². The van der Waals surface area contributed by atoms with E-state index in [0.717, 1.165) is 12.0 Å². The second kappa shape index (κ2) is 15.0. The van der Waals surface area contributed by atoms with Gasteiger partial charge in [0.25, 0.3) is 0 Å². The summed E-state index contributed by atoms with van der Waals surface area (Å²) < 4.78 is 1.80. The fourth-order valence-corrected chi connectivity index (χ4v) is 5.09. The molecule has 2 aliphatic carbocycles. The van der Waals surface area contributed by atoms with E-state index in [0.29, 0.717) is 5.41 Å². The van der Waals surface area contributed by atoms with Crippen molar-refractivity contribution in [3.8, 4) is 11.1 Å². The maximum atomic E-state index is 3.82. The van der Waals surface area contributed by atoms with E-state index in [1.807, 2.05) is 18.2 Å². The van der Waals surface area contributed by atoms with Gasteiger partial charge in [-0.25, -0.2) is 6.07 Å². The number of hydrogen-bond donors (Lipinski definition) is 0. The Morgan fingerprint density at radius 3 is 2.06 bits per heavy atom. The monoisotopic (exact) mass is 580 g/mol. The van der Waals surface area contributed by atoms with E-state index >= 15 is 0 Å². The van der Waals surface area contributed by atoms with E-state index in [4.69, 9.17) is 0 Å². The molecule has 0 radical (unpaired) electrons. The predicted molar refractivity (Wildman–Crippen MR) is 143 cm³/mol. The van der Waals surface area contributed by atoms with Gasteiger partial charge in [0, 0.05) is 0 Å². The fraction of sp³-hybridized carbons (Fsp3) is 0.312. The second-order valence-electron chi connectivity index (χ2n) is 9.91. The van der Waals surface area contributed by atoms with Gasteiger partial charge in [-0.05, 0) is 12.0 Å². The van der Waals surface area contributed by atoms with Crippen LogP contribution >= 0.6 is 0 Å². The third-order valence-corrected chi connectivity index (χ3v) is 7.53. The molecule has 35 heavy (non-hydrogen) atoms. The molecule has 2 aliphatic rings. The van der Waals surface area contributed by atoms with Gasteiger partial charge in [0.15, 0.2) is 0 Å². The molecule has 0 heterocycles. The van der Waals surface area contributed by atoms with E-state index in [-0.39, 0.29) is 24.8 Å². The molecule has 0 unspecified atom stereocenters. The molecular formula is C32H36Cl2Zr-2. The first-order chi connectivity index (χ1) is 15.8. The maximum absolute atomic E-state index is 3.82. The first-order valence-electron chi connectivity index (χ1n) is 12.0. The van der Waals surface area contributed by atoms with Gasteiger partial charge in [0.1, 0.15) is 0 Å². The number of halogens is 2. The van der Waals surface area contributed by atoms with Crippen molar-refractivity contribution >= 4 is 15.4 Å². The molecule has 3 aromatic rings. The van der Waals surface area contributed by atoms with Crippen LogP contribution in [0.15, 0.2) is 67.8 Å². The molecule has 1 saturated carbocycles. The van der Waals surface area contributed by atoms with Gasteiger partial charge in [0.2, 0.25) is 0 Å². The van der Waals surface area contributed by atoms with Crippen LogP contribution in [0.3, 0.4) is 0 Å². The summed E-state index contributed by atoms with van der Waals surface area (Å²) in [6.07, 6.45) is 12.1. The number of fused-ring (bicyclic) bond motifs is 3. The van der Waals surface area contributed by atoms with Crippen LogP contribution in [0.25, 0.3) is 23.3 Å². The summed E-state index contributed by atoms with van der Waals surface area (Å²) >= 11 is 1.69. The van der Waals surface area contributed by atoms with Gasteiger partial charge in [-0.15, -0.1) is 23.8 Å². The number of rotatable bonds is 2. The Hall–Kier alpha value is -1.40. The van der Waals surface area contributed by atoms with Crippen LogP contribution < -0.4 is 24.8 Å². The first kappa shape index (κ1) is 31.6. The summed E-state index contributed by atoms with van der Waals surface area (Å²) in [6.45, 7) is 14.3. The average Bonchev–Trinajstić information content (AvgIpc) is 3.48. The van der Waals surface area contributed by atoms with Gasteiger partial charge in [-0.2, -0.15) is 47.5 Å². The molecule has 1 fully saturated rings. The molecule has 0 nitrogen and oxygen atoms in total. The molecule has 0 aliphatic heterocycles. The van der Waals surface area contributed by atoms with Crippen molar-refractivity contribution in [2.75, 3.05) is 0 Å². The summed E-state index contributed by atoms with van der Waals surface area (Å²) in [4.78, 5) is 0. The molecule has 0 bridgehead atoms. The average molecular weight is 583 g/mol. The van der Waals surface area contributed by atoms with Crippen molar-refractivity contribution in [3.05, 3.63) is 102 Å². The van der Waals surface area contributed by atoms with Crippen LogP contribution in [0.2, 0.25) is 0 Å². The quantitative estimate of drug-likeness (QED) is 0.319. The van der Waals surface area contributed by atoms with E-state index in [1.165, 1.54) is 65.5 Å². The first-order valence-corrected chi connectivity index (χ1v) is 13.3. The Labute approximate surface area is 240 Å². The predicted octanol–water partition coefficient (Wildman–Crippen LogP) is 2.72. The molecule has 3 heteroatoms. The molecule has 184 valence electrons. The van der Waals surface area contributed by atoms with Crippen molar-refractivity contribution in [2.24, 2.45) is 0 Å². The Balaban J connectivity index is 0.000000289. The second-order valence-corrected chi connectivity index (χ2v) is 11.7. The standard InChI is InChI=1S/C17H13.C9H13.C6H10.2ClH.Zr/c1-3-12-5-7-14-11-15-8-6-13(4-2)10-17(15)16(14)9-12;1-9(2,3)8-6-4-5-7-8;1-2-4-6-5-3-1;;;/h3-7,9-10H,1-2,11H2;4-7H,1-3H3;1-5H2;2*1H;/q2*-1;;;;+2/p-2. The summed E-state index contributed by atoms with van der Waals surface area (Å²) in [5.74, 6) is 0. The topological polar surface area (TPSA) is 0 Å². The molecule has 0 atom stereocenters. The van der Waals surface area contributed by atoms with E-state index in [9.17, 15) is 0 Å². The summed E-state index contributed by atoms with van der Waals surface area (Å²) in [6, 6.07) is 22.6. The van der Waals surface area contributed by atoms with Crippen molar-refractivity contribution in [1.29, 1.82) is 0 Å². The Kier molecular flexibility index (Phi) is 13.6. The molecule has 5 rings (SSSR count). The van der Waals surface area contributed by atoms with Crippen molar-refractivity contribution in [1.82, 2.24) is 0 Å². The molecule has 0 aromatic heterocycles.